The monoisotopic (exact) mass is 215 g/mol. The van der Waals surface area contributed by atoms with E-state index in [2.05, 4.69) is 4.98 Å². The zero-order valence-electron chi connectivity index (χ0n) is 9.36. The Morgan fingerprint density at radius 2 is 2.19 bits per heavy atom. The van der Waals surface area contributed by atoms with Gasteiger partial charge in [0.05, 0.1) is 12.6 Å². The second-order valence-corrected chi connectivity index (χ2v) is 3.52. The molecule has 0 bridgehead atoms. The molecular weight excluding hydrogens is 202 g/mol. The molecule has 0 radical (unpaired) electrons. The fourth-order valence-electron chi connectivity index (χ4n) is 1.69. The van der Waals surface area contributed by atoms with Gasteiger partial charge in [-0.15, -0.1) is 0 Å². The Kier molecular flexibility index (Phi) is 2.86. The van der Waals surface area contributed by atoms with Gasteiger partial charge in [0.15, 0.2) is 5.78 Å². The van der Waals surface area contributed by atoms with Crippen LogP contribution < -0.4 is 4.74 Å². The molecule has 2 rings (SSSR count). The van der Waals surface area contributed by atoms with E-state index < -0.39 is 0 Å². The van der Waals surface area contributed by atoms with Crippen LogP contribution in [0.15, 0.2) is 30.5 Å². The second kappa shape index (κ2) is 4.31. The van der Waals surface area contributed by atoms with Crippen molar-refractivity contribution in [1.82, 2.24) is 4.98 Å². The number of rotatable bonds is 3. The molecule has 2 aromatic rings. The maximum absolute atomic E-state index is 11.8. The fourth-order valence-corrected chi connectivity index (χ4v) is 1.69. The van der Waals surface area contributed by atoms with Gasteiger partial charge in [0.1, 0.15) is 5.75 Å². The van der Waals surface area contributed by atoms with Crippen LogP contribution in [0, 0.1) is 0 Å². The molecule has 0 aliphatic carbocycles. The van der Waals surface area contributed by atoms with Crippen molar-refractivity contribution in [1.29, 1.82) is 0 Å². The summed E-state index contributed by atoms with van der Waals surface area (Å²) in [6.45, 7) is 1.86. The lowest BCUT2D eigenvalue weighted by Crippen LogP contribution is -1.98. The maximum atomic E-state index is 11.8. The van der Waals surface area contributed by atoms with E-state index in [-0.39, 0.29) is 5.78 Å². The number of aromatic nitrogens is 1. The van der Waals surface area contributed by atoms with E-state index in [1.165, 1.54) is 0 Å². The van der Waals surface area contributed by atoms with Gasteiger partial charge in [0.25, 0.3) is 0 Å². The van der Waals surface area contributed by atoms with Crippen LogP contribution in [0.3, 0.4) is 0 Å². The third-order valence-electron chi connectivity index (χ3n) is 2.57. The highest BCUT2D eigenvalue weighted by Gasteiger charge is 2.09. The van der Waals surface area contributed by atoms with Gasteiger partial charge >= 0.3 is 0 Å². The summed E-state index contributed by atoms with van der Waals surface area (Å²) in [5, 5.41) is 0.855. The van der Waals surface area contributed by atoms with Crippen LogP contribution in [-0.2, 0) is 0 Å². The fraction of sp³-hybridized carbons (Fsp3) is 0.231. The summed E-state index contributed by atoms with van der Waals surface area (Å²) in [5.41, 5.74) is 1.53. The van der Waals surface area contributed by atoms with E-state index >= 15 is 0 Å². The van der Waals surface area contributed by atoms with E-state index in [0.29, 0.717) is 12.0 Å². The minimum absolute atomic E-state index is 0.126. The molecule has 82 valence electrons. The second-order valence-electron chi connectivity index (χ2n) is 3.52. The van der Waals surface area contributed by atoms with Crippen molar-refractivity contribution >= 4 is 16.7 Å². The Balaban J connectivity index is 2.68. The van der Waals surface area contributed by atoms with Gasteiger partial charge in [-0.25, -0.2) is 0 Å². The molecule has 3 heteroatoms. The van der Waals surface area contributed by atoms with E-state index in [1.807, 2.05) is 25.1 Å². The van der Waals surface area contributed by atoms with Gasteiger partial charge in [-0.1, -0.05) is 6.92 Å². The first-order valence-corrected chi connectivity index (χ1v) is 5.22. The molecule has 0 aliphatic heterocycles. The minimum Gasteiger partial charge on any atom is -0.497 e. The molecule has 1 heterocycles. The molecule has 0 aliphatic rings. The average Bonchev–Trinajstić information content (AvgIpc) is 2.36. The zero-order chi connectivity index (χ0) is 11.5. The van der Waals surface area contributed by atoms with Gasteiger partial charge in [0.2, 0.25) is 0 Å². The third kappa shape index (κ3) is 1.76. The Morgan fingerprint density at radius 3 is 2.88 bits per heavy atom. The number of methoxy groups -OCH3 is 1. The summed E-state index contributed by atoms with van der Waals surface area (Å²) >= 11 is 0. The highest BCUT2D eigenvalue weighted by molar-refractivity contribution is 6.07. The van der Waals surface area contributed by atoms with E-state index in [0.717, 1.165) is 16.7 Å². The molecule has 0 fully saturated rings. The van der Waals surface area contributed by atoms with E-state index in [1.54, 1.807) is 19.4 Å². The smallest absolute Gasteiger partial charge is 0.163 e. The van der Waals surface area contributed by atoms with Crippen molar-refractivity contribution in [3.05, 3.63) is 36.0 Å². The first kappa shape index (κ1) is 10.6. The van der Waals surface area contributed by atoms with E-state index in [4.69, 9.17) is 4.74 Å². The summed E-state index contributed by atoms with van der Waals surface area (Å²) in [6, 6.07) is 7.31. The number of ketones is 1. The van der Waals surface area contributed by atoms with Crippen LogP contribution in [-0.4, -0.2) is 17.9 Å². The quantitative estimate of drug-likeness (QED) is 0.739. The molecular formula is C13H13NO2. The number of ether oxygens (including phenoxy) is 1. The SMILES string of the molecule is CCC(=O)c1ccnc2ccc(OC)cc12. The van der Waals surface area contributed by atoms with Crippen molar-refractivity contribution in [2.24, 2.45) is 0 Å². The van der Waals surface area contributed by atoms with Crippen LogP contribution in [0.1, 0.15) is 23.7 Å². The van der Waals surface area contributed by atoms with Gasteiger partial charge < -0.3 is 4.74 Å². The van der Waals surface area contributed by atoms with E-state index in [9.17, 15) is 4.79 Å². The van der Waals surface area contributed by atoms with Crippen molar-refractivity contribution in [3.8, 4) is 5.75 Å². The predicted molar refractivity (Wildman–Crippen MR) is 62.9 cm³/mol. The van der Waals surface area contributed by atoms with Crippen molar-refractivity contribution in [3.63, 3.8) is 0 Å². The predicted octanol–water partition coefficient (Wildman–Crippen LogP) is 2.84. The summed E-state index contributed by atoms with van der Waals surface area (Å²) < 4.78 is 5.15. The lowest BCUT2D eigenvalue weighted by Gasteiger charge is -2.05. The van der Waals surface area contributed by atoms with Crippen molar-refractivity contribution in [2.45, 2.75) is 13.3 Å². The number of pyridine rings is 1. The Labute approximate surface area is 94.1 Å². The molecule has 0 amide bonds. The average molecular weight is 215 g/mol. The highest BCUT2D eigenvalue weighted by Crippen LogP contribution is 2.23. The normalized spacial score (nSPS) is 10.4. The third-order valence-corrected chi connectivity index (χ3v) is 2.57. The highest BCUT2D eigenvalue weighted by atomic mass is 16.5. The largest absolute Gasteiger partial charge is 0.497 e. The number of Topliss-reactive ketones (excluding diaryl/α,β-unsaturated/α-hetero) is 1. The first-order valence-electron chi connectivity index (χ1n) is 5.22. The molecule has 0 saturated heterocycles. The molecule has 1 aromatic heterocycles. The molecule has 16 heavy (non-hydrogen) atoms. The van der Waals surface area contributed by atoms with Crippen LogP contribution in [0.2, 0.25) is 0 Å². The van der Waals surface area contributed by atoms with Gasteiger partial charge in [-0.2, -0.15) is 0 Å². The molecule has 1 aromatic carbocycles. The number of nitrogens with zero attached hydrogens (tertiary/aromatic N) is 1. The number of carbonyl (C=O) groups excluding carboxylic acids is 1. The summed E-state index contributed by atoms with van der Waals surface area (Å²) in [6.07, 6.45) is 2.16. The molecule has 0 spiro atoms. The first-order chi connectivity index (χ1) is 7.76. The molecule has 0 unspecified atom stereocenters. The maximum Gasteiger partial charge on any atom is 0.163 e. The number of hydrogen-bond donors (Lipinski definition) is 0. The lowest BCUT2D eigenvalue weighted by molar-refractivity contribution is 0.0989. The Bertz CT molecular complexity index is 534. The number of benzene rings is 1. The Hall–Kier alpha value is -1.90. The topological polar surface area (TPSA) is 39.2 Å². The Morgan fingerprint density at radius 1 is 1.38 bits per heavy atom. The van der Waals surface area contributed by atoms with Crippen LogP contribution in [0.4, 0.5) is 0 Å². The van der Waals surface area contributed by atoms with Crippen LogP contribution >= 0.6 is 0 Å². The van der Waals surface area contributed by atoms with Crippen molar-refractivity contribution in [2.75, 3.05) is 7.11 Å². The molecule has 3 nitrogen and oxygen atoms in total. The van der Waals surface area contributed by atoms with Gasteiger partial charge in [-0.3, -0.25) is 9.78 Å². The number of hydrogen-bond acceptors (Lipinski definition) is 3. The van der Waals surface area contributed by atoms with Crippen molar-refractivity contribution < 1.29 is 9.53 Å². The van der Waals surface area contributed by atoms with Gasteiger partial charge in [-0.05, 0) is 24.3 Å². The number of carbonyl (C=O) groups is 1. The zero-order valence-corrected chi connectivity index (χ0v) is 9.36. The number of fused-ring (bicyclic) bond motifs is 1. The summed E-state index contributed by atoms with van der Waals surface area (Å²) in [5.74, 6) is 0.867. The van der Waals surface area contributed by atoms with Gasteiger partial charge in [0, 0.05) is 23.6 Å². The summed E-state index contributed by atoms with van der Waals surface area (Å²) in [4.78, 5) is 16.0. The van der Waals surface area contributed by atoms with Crippen LogP contribution in [0.5, 0.6) is 5.75 Å². The van der Waals surface area contributed by atoms with Crippen LogP contribution in [0.25, 0.3) is 10.9 Å². The molecule has 0 N–H and O–H groups in total. The summed E-state index contributed by atoms with van der Waals surface area (Å²) in [7, 11) is 1.61. The molecule has 0 saturated carbocycles. The minimum atomic E-state index is 0.126. The molecule has 0 atom stereocenters. The standard InChI is InChI=1S/C13H13NO2/c1-3-13(15)10-6-7-14-12-5-4-9(16-2)8-11(10)12/h4-8H,3H2,1-2H3. The lowest BCUT2D eigenvalue weighted by atomic mass is 10.0.